The maximum Gasteiger partial charge on any atom is 0.0444 e. The molecule has 1 heteroatoms. The van der Waals surface area contributed by atoms with Crippen LogP contribution in [0.2, 0.25) is 0 Å². The van der Waals surface area contributed by atoms with E-state index in [1.165, 1.54) is 5.56 Å². The van der Waals surface area contributed by atoms with Crippen LogP contribution in [0.25, 0.3) is 6.08 Å². The van der Waals surface area contributed by atoms with Crippen molar-refractivity contribution in [3.63, 3.8) is 0 Å². The molecule has 0 aromatic carbocycles. The molecule has 0 radical (unpaired) electrons. The summed E-state index contributed by atoms with van der Waals surface area (Å²) in [5.41, 5.74) is 2.28. The van der Waals surface area contributed by atoms with Crippen molar-refractivity contribution in [2.24, 2.45) is 0 Å². The number of allylic oxidation sites excluding steroid dienone is 1. The van der Waals surface area contributed by atoms with E-state index < -0.39 is 0 Å². The molecule has 0 atom stereocenters. The van der Waals surface area contributed by atoms with E-state index in [9.17, 15) is 0 Å². The number of rotatable bonds is 1. The van der Waals surface area contributed by atoms with Gasteiger partial charge in [-0.15, -0.1) is 0 Å². The zero-order valence-electron chi connectivity index (χ0n) is 6.33. The number of aromatic nitrogens is 1. The third-order valence-corrected chi connectivity index (χ3v) is 1.39. The second-order valence-electron chi connectivity index (χ2n) is 2.18. The second-order valence-corrected chi connectivity index (χ2v) is 2.18. The van der Waals surface area contributed by atoms with E-state index in [0.717, 1.165) is 5.69 Å². The molecule has 0 aliphatic rings. The van der Waals surface area contributed by atoms with Crippen LogP contribution in [0, 0.1) is 6.92 Å². The Hall–Kier alpha value is -1.11. The molecule has 1 aromatic heterocycles. The zero-order valence-corrected chi connectivity index (χ0v) is 6.33. The van der Waals surface area contributed by atoms with Crippen molar-refractivity contribution in [1.82, 2.24) is 4.98 Å². The Morgan fingerprint density at radius 2 is 2.30 bits per heavy atom. The molecule has 52 valence electrons. The predicted molar refractivity (Wildman–Crippen MR) is 43.7 cm³/mol. The Kier molecular flexibility index (Phi) is 2.21. The maximum atomic E-state index is 4.15. The normalized spacial score (nSPS) is 10.6. The van der Waals surface area contributed by atoms with Gasteiger partial charge in [-0.1, -0.05) is 18.2 Å². The fourth-order valence-corrected chi connectivity index (χ4v) is 0.852. The molecule has 0 unspecified atom stereocenters. The first kappa shape index (κ1) is 7.00. The van der Waals surface area contributed by atoms with Gasteiger partial charge in [-0.2, -0.15) is 0 Å². The van der Waals surface area contributed by atoms with Gasteiger partial charge < -0.3 is 0 Å². The number of aryl methyl sites for hydroxylation is 1. The fourth-order valence-electron chi connectivity index (χ4n) is 0.852. The van der Waals surface area contributed by atoms with E-state index in [-0.39, 0.29) is 0 Å². The Morgan fingerprint density at radius 3 is 2.90 bits per heavy atom. The highest BCUT2D eigenvalue weighted by Crippen LogP contribution is 2.04. The molecular weight excluding hydrogens is 122 g/mol. The third-order valence-electron chi connectivity index (χ3n) is 1.39. The quantitative estimate of drug-likeness (QED) is 0.573. The molecule has 0 fully saturated rings. The smallest absolute Gasteiger partial charge is 0.0444 e. The first-order valence-corrected chi connectivity index (χ1v) is 3.39. The van der Waals surface area contributed by atoms with Gasteiger partial charge in [-0.05, 0) is 25.5 Å². The molecular formula is C9H11N. The van der Waals surface area contributed by atoms with Crippen molar-refractivity contribution in [2.75, 3.05) is 0 Å². The van der Waals surface area contributed by atoms with Gasteiger partial charge in [0.1, 0.15) is 0 Å². The van der Waals surface area contributed by atoms with Crippen molar-refractivity contribution in [2.45, 2.75) is 13.8 Å². The average Bonchev–Trinajstić information content (AvgIpc) is 1.94. The predicted octanol–water partition coefficient (Wildman–Crippen LogP) is 2.42. The molecule has 0 bridgehead atoms. The highest BCUT2D eigenvalue weighted by atomic mass is 14.7. The van der Waals surface area contributed by atoms with Crippen molar-refractivity contribution in [3.05, 3.63) is 35.7 Å². The molecule has 1 rings (SSSR count). The standard InChI is InChI=1S/C9H11N/c1-3-5-9-6-4-7-10-8(9)2/h3-7H,1-2H3/b5-3-. The van der Waals surface area contributed by atoms with Crippen molar-refractivity contribution < 1.29 is 0 Å². The lowest BCUT2D eigenvalue weighted by Gasteiger charge is -1.95. The minimum absolute atomic E-state index is 1.08. The summed E-state index contributed by atoms with van der Waals surface area (Å²) in [4.78, 5) is 4.15. The van der Waals surface area contributed by atoms with Crippen LogP contribution in [0.3, 0.4) is 0 Å². The molecule has 0 aliphatic heterocycles. The van der Waals surface area contributed by atoms with Crippen molar-refractivity contribution in [3.8, 4) is 0 Å². The van der Waals surface area contributed by atoms with Crippen LogP contribution >= 0.6 is 0 Å². The topological polar surface area (TPSA) is 12.9 Å². The number of pyridine rings is 1. The minimum Gasteiger partial charge on any atom is -0.261 e. The summed E-state index contributed by atoms with van der Waals surface area (Å²) in [6.07, 6.45) is 5.88. The van der Waals surface area contributed by atoms with Gasteiger partial charge in [0.25, 0.3) is 0 Å². The van der Waals surface area contributed by atoms with Gasteiger partial charge in [0.15, 0.2) is 0 Å². The van der Waals surface area contributed by atoms with Gasteiger partial charge in [0.05, 0.1) is 0 Å². The number of hydrogen-bond donors (Lipinski definition) is 0. The second kappa shape index (κ2) is 3.16. The monoisotopic (exact) mass is 133 g/mol. The summed E-state index contributed by atoms with van der Waals surface area (Å²) in [7, 11) is 0. The van der Waals surface area contributed by atoms with Crippen LogP contribution < -0.4 is 0 Å². The zero-order chi connectivity index (χ0) is 7.40. The molecule has 0 amide bonds. The molecule has 0 aliphatic carbocycles. The lowest BCUT2D eigenvalue weighted by Crippen LogP contribution is -1.82. The van der Waals surface area contributed by atoms with Crippen LogP contribution in [-0.2, 0) is 0 Å². The summed E-state index contributed by atoms with van der Waals surface area (Å²) >= 11 is 0. The van der Waals surface area contributed by atoms with Crippen LogP contribution in [-0.4, -0.2) is 4.98 Å². The molecule has 1 nitrogen and oxygen atoms in total. The fraction of sp³-hybridized carbons (Fsp3) is 0.222. The molecule has 0 saturated heterocycles. The van der Waals surface area contributed by atoms with Gasteiger partial charge >= 0.3 is 0 Å². The Bertz CT molecular complexity index is 238. The van der Waals surface area contributed by atoms with Crippen molar-refractivity contribution in [1.29, 1.82) is 0 Å². The number of nitrogens with zero attached hydrogens (tertiary/aromatic N) is 1. The van der Waals surface area contributed by atoms with Gasteiger partial charge in [-0.25, -0.2) is 0 Å². The summed E-state index contributed by atoms with van der Waals surface area (Å²) < 4.78 is 0. The van der Waals surface area contributed by atoms with E-state index >= 15 is 0 Å². The van der Waals surface area contributed by atoms with Crippen LogP contribution in [0.15, 0.2) is 24.4 Å². The molecule has 10 heavy (non-hydrogen) atoms. The van der Waals surface area contributed by atoms with Gasteiger partial charge in [-0.3, -0.25) is 4.98 Å². The lowest BCUT2D eigenvalue weighted by atomic mass is 10.2. The highest BCUT2D eigenvalue weighted by molar-refractivity contribution is 5.50. The molecule has 0 saturated carbocycles. The molecule has 1 aromatic rings. The lowest BCUT2D eigenvalue weighted by molar-refractivity contribution is 1.19. The van der Waals surface area contributed by atoms with Gasteiger partial charge in [0.2, 0.25) is 0 Å². The number of hydrogen-bond acceptors (Lipinski definition) is 1. The van der Waals surface area contributed by atoms with Crippen LogP contribution in [0.4, 0.5) is 0 Å². The Labute approximate surface area is 61.4 Å². The summed E-state index contributed by atoms with van der Waals surface area (Å²) in [5, 5.41) is 0. The Morgan fingerprint density at radius 1 is 1.50 bits per heavy atom. The van der Waals surface area contributed by atoms with Crippen LogP contribution in [0.5, 0.6) is 0 Å². The van der Waals surface area contributed by atoms with Gasteiger partial charge in [0, 0.05) is 11.9 Å². The van der Waals surface area contributed by atoms with Crippen LogP contribution in [0.1, 0.15) is 18.2 Å². The first-order valence-electron chi connectivity index (χ1n) is 3.39. The first-order chi connectivity index (χ1) is 4.84. The average molecular weight is 133 g/mol. The summed E-state index contributed by atoms with van der Waals surface area (Å²) in [5.74, 6) is 0. The maximum absolute atomic E-state index is 4.15. The van der Waals surface area contributed by atoms with E-state index in [1.807, 2.05) is 32.2 Å². The molecule has 1 heterocycles. The van der Waals surface area contributed by atoms with E-state index in [2.05, 4.69) is 17.1 Å². The molecule has 0 spiro atoms. The van der Waals surface area contributed by atoms with Crippen molar-refractivity contribution >= 4 is 6.08 Å². The largest absolute Gasteiger partial charge is 0.261 e. The Balaban J connectivity index is 3.03. The van der Waals surface area contributed by atoms with E-state index in [4.69, 9.17) is 0 Å². The minimum atomic E-state index is 1.08. The summed E-state index contributed by atoms with van der Waals surface area (Å²) in [6, 6.07) is 4.00. The van der Waals surface area contributed by atoms with E-state index in [0.29, 0.717) is 0 Å². The third kappa shape index (κ3) is 1.44. The highest BCUT2D eigenvalue weighted by Gasteiger charge is 1.89. The summed E-state index contributed by atoms with van der Waals surface area (Å²) in [6.45, 7) is 4.02. The SMILES string of the molecule is C/C=C\c1cccnc1C. The molecule has 0 N–H and O–H groups in total. The van der Waals surface area contributed by atoms with E-state index in [1.54, 1.807) is 0 Å².